The predicted octanol–water partition coefficient (Wildman–Crippen LogP) is 1.14. The van der Waals surface area contributed by atoms with Crippen LogP contribution in [0.15, 0.2) is 23.4 Å². The number of hydrogen-bond acceptors (Lipinski definition) is 4. The molecular formula is C12H17FN4O2S. The normalized spacial score (nSPS) is 18.6. The Balaban J connectivity index is 2.35. The van der Waals surface area contributed by atoms with E-state index in [-0.39, 0.29) is 5.84 Å². The molecule has 110 valence electrons. The third-order valence-electron chi connectivity index (χ3n) is 3.53. The third kappa shape index (κ3) is 2.80. The molecule has 0 saturated heterocycles. The predicted molar refractivity (Wildman–Crippen MR) is 72.2 cm³/mol. The highest BCUT2D eigenvalue weighted by Gasteiger charge is 2.40. The van der Waals surface area contributed by atoms with Crippen LogP contribution in [0.25, 0.3) is 0 Å². The second kappa shape index (κ2) is 5.45. The van der Waals surface area contributed by atoms with E-state index >= 15 is 0 Å². The van der Waals surface area contributed by atoms with Gasteiger partial charge in [-0.1, -0.05) is 19.3 Å². The van der Waals surface area contributed by atoms with Crippen molar-refractivity contribution in [1.82, 2.24) is 9.71 Å². The van der Waals surface area contributed by atoms with Crippen molar-refractivity contribution < 1.29 is 12.8 Å². The first-order valence-electron chi connectivity index (χ1n) is 6.36. The number of pyridine rings is 1. The zero-order valence-electron chi connectivity index (χ0n) is 10.9. The van der Waals surface area contributed by atoms with E-state index in [2.05, 4.69) is 9.71 Å². The van der Waals surface area contributed by atoms with E-state index in [0.29, 0.717) is 12.8 Å². The van der Waals surface area contributed by atoms with Gasteiger partial charge in [-0.05, 0) is 25.0 Å². The summed E-state index contributed by atoms with van der Waals surface area (Å²) in [5.41, 5.74) is 4.44. The first kappa shape index (κ1) is 14.9. The molecule has 1 aromatic rings. The number of rotatable bonds is 4. The molecule has 6 nitrogen and oxygen atoms in total. The number of sulfonamides is 1. The van der Waals surface area contributed by atoms with Gasteiger partial charge in [0.2, 0.25) is 5.03 Å². The smallest absolute Gasteiger partial charge is 0.261 e. The molecule has 0 aliphatic heterocycles. The number of nitrogens with zero attached hydrogens (tertiary/aromatic N) is 1. The van der Waals surface area contributed by atoms with Crippen molar-refractivity contribution in [1.29, 1.82) is 5.41 Å². The summed E-state index contributed by atoms with van der Waals surface area (Å²) in [5, 5.41) is 7.01. The molecule has 20 heavy (non-hydrogen) atoms. The standard InChI is InChI=1S/C12H17FN4O2S/c13-9-5-4-8-16-10(9)20(18,19)17-12(11(14)15)6-2-1-3-7-12/h4-5,8,17H,1-3,6-7H2,(H3,14,15). The van der Waals surface area contributed by atoms with Crippen LogP contribution in [0.2, 0.25) is 0 Å². The zero-order chi connectivity index (χ0) is 14.8. The molecule has 1 aromatic heterocycles. The lowest BCUT2D eigenvalue weighted by molar-refractivity contribution is 0.347. The molecule has 1 heterocycles. The van der Waals surface area contributed by atoms with E-state index in [9.17, 15) is 12.8 Å². The van der Waals surface area contributed by atoms with Gasteiger partial charge in [0.15, 0.2) is 5.82 Å². The SMILES string of the molecule is N=C(N)C1(NS(=O)(=O)c2ncccc2F)CCCCC1. The average Bonchev–Trinajstić information content (AvgIpc) is 2.39. The fraction of sp³-hybridized carbons (Fsp3) is 0.500. The van der Waals surface area contributed by atoms with Gasteiger partial charge in [0.05, 0.1) is 5.54 Å². The summed E-state index contributed by atoms with van der Waals surface area (Å²) in [6.07, 6.45) is 4.60. The zero-order valence-corrected chi connectivity index (χ0v) is 11.7. The molecule has 4 N–H and O–H groups in total. The highest BCUT2D eigenvalue weighted by molar-refractivity contribution is 7.89. The van der Waals surface area contributed by atoms with Crippen LogP contribution in [-0.2, 0) is 10.0 Å². The molecular weight excluding hydrogens is 283 g/mol. The number of amidine groups is 1. The molecule has 1 saturated carbocycles. The minimum atomic E-state index is -4.15. The van der Waals surface area contributed by atoms with E-state index < -0.39 is 26.4 Å². The average molecular weight is 300 g/mol. The van der Waals surface area contributed by atoms with E-state index in [0.717, 1.165) is 25.3 Å². The molecule has 0 atom stereocenters. The Kier molecular flexibility index (Phi) is 4.05. The molecule has 0 spiro atoms. The van der Waals surface area contributed by atoms with Crippen molar-refractivity contribution in [2.24, 2.45) is 5.73 Å². The van der Waals surface area contributed by atoms with Crippen LogP contribution in [0.1, 0.15) is 32.1 Å². The van der Waals surface area contributed by atoms with Gasteiger partial charge >= 0.3 is 0 Å². The molecule has 1 aliphatic carbocycles. The van der Waals surface area contributed by atoms with Crippen LogP contribution in [0.3, 0.4) is 0 Å². The Hall–Kier alpha value is -1.54. The lowest BCUT2D eigenvalue weighted by atomic mass is 9.82. The van der Waals surface area contributed by atoms with E-state index in [1.807, 2.05) is 0 Å². The second-order valence-electron chi connectivity index (χ2n) is 4.95. The highest BCUT2D eigenvalue weighted by Crippen LogP contribution is 2.29. The Morgan fingerprint density at radius 2 is 2.05 bits per heavy atom. The minimum absolute atomic E-state index is 0.239. The fourth-order valence-corrected chi connectivity index (χ4v) is 3.91. The summed E-state index contributed by atoms with van der Waals surface area (Å²) in [6.45, 7) is 0. The second-order valence-corrected chi connectivity index (χ2v) is 6.55. The maximum Gasteiger partial charge on any atom is 0.261 e. The van der Waals surface area contributed by atoms with E-state index in [4.69, 9.17) is 11.1 Å². The maximum atomic E-state index is 13.6. The summed E-state index contributed by atoms with van der Waals surface area (Å²) in [5.74, 6) is -1.16. The number of nitrogens with two attached hydrogens (primary N) is 1. The molecule has 1 aliphatic rings. The number of halogens is 1. The van der Waals surface area contributed by atoms with E-state index in [1.165, 1.54) is 12.3 Å². The van der Waals surface area contributed by atoms with Crippen molar-refractivity contribution in [3.8, 4) is 0 Å². The fourth-order valence-electron chi connectivity index (χ4n) is 2.46. The summed E-state index contributed by atoms with van der Waals surface area (Å²) in [7, 11) is -4.15. The molecule has 0 radical (unpaired) electrons. The van der Waals surface area contributed by atoms with Crippen LogP contribution in [0.4, 0.5) is 4.39 Å². The van der Waals surface area contributed by atoms with Crippen LogP contribution < -0.4 is 10.5 Å². The van der Waals surface area contributed by atoms with Gasteiger partial charge in [0, 0.05) is 6.20 Å². The van der Waals surface area contributed by atoms with E-state index in [1.54, 1.807) is 0 Å². The third-order valence-corrected chi connectivity index (χ3v) is 5.00. The van der Waals surface area contributed by atoms with Crippen molar-refractivity contribution in [3.05, 3.63) is 24.1 Å². The summed E-state index contributed by atoms with van der Waals surface area (Å²) < 4.78 is 40.5. The number of hydrogen-bond donors (Lipinski definition) is 3. The van der Waals surface area contributed by atoms with Gasteiger partial charge in [-0.2, -0.15) is 4.72 Å². The summed E-state index contributed by atoms with van der Waals surface area (Å²) in [6, 6.07) is 2.35. The minimum Gasteiger partial charge on any atom is -0.386 e. The Morgan fingerprint density at radius 1 is 1.40 bits per heavy atom. The van der Waals surface area contributed by atoms with Crippen LogP contribution in [0, 0.1) is 11.2 Å². The highest BCUT2D eigenvalue weighted by atomic mass is 32.2. The monoisotopic (exact) mass is 300 g/mol. The maximum absolute atomic E-state index is 13.6. The lowest BCUT2D eigenvalue weighted by Crippen LogP contribution is -2.58. The summed E-state index contributed by atoms with van der Waals surface area (Å²) in [4.78, 5) is 3.57. The lowest BCUT2D eigenvalue weighted by Gasteiger charge is -2.36. The molecule has 0 bridgehead atoms. The summed E-state index contributed by atoms with van der Waals surface area (Å²) >= 11 is 0. The van der Waals surface area contributed by atoms with Gasteiger partial charge in [-0.25, -0.2) is 17.8 Å². The van der Waals surface area contributed by atoms with Crippen molar-refractivity contribution in [3.63, 3.8) is 0 Å². The molecule has 2 rings (SSSR count). The van der Waals surface area contributed by atoms with Gasteiger partial charge in [-0.3, -0.25) is 5.41 Å². The molecule has 0 aromatic carbocycles. The quantitative estimate of drug-likeness (QED) is 0.572. The Bertz CT molecular complexity index is 612. The van der Waals surface area contributed by atoms with Gasteiger partial charge in [0.1, 0.15) is 5.84 Å². The van der Waals surface area contributed by atoms with Crippen LogP contribution in [0.5, 0.6) is 0 Å². The van der Waals surface area contributed by atoms with Crippen molar-refractivity contribution in [2.45, 2.75) is 42.7 Å². The molecule has 8 heteroatoms. The van der Waals surface area contributed by atoms with Crippen molar-refractivity contribution in [2.75, 3.05) is 0 Å². The molecule has 1 fully saturated rings. The largest absolute Gasteiger partial charge is 0.386 e. The number of nitrogens with one attached hydrogen (secondary N) is 2. The molecule has 0 amide bonds. The van der Waals surface area contributed by atoms with Gasteiger partial charge in [0.25, 0.3) is 10.0 Å². The van der Waals surface area contributed by atoms with Crippen LogP contribution >= 0.6 is 0 Å². The first-order chi connectivity index (χ1) is 9.37. The molecule has 0 unspecified atom stereocenters. The van der Waals surface area contributed by atoms with Crippen LogP contribution in [-0.4, -0.2) is 24.8 Å². The first-order valence-corrected chi connectivity index (χ1v) is 7.85. The topological polar surface area (TPSA) is 109 Å². The van der Waals surface area contributed by atoms with Crippen molar-refractivity contribution >= 4 is 15.9 Å². The number of aromatic nitrogens is 1. The van der Waals surface area contributed by atoms with Gasteiger partial charge in [-0.15, -0.1) is 0 Å². The Morgan fingerprint density at radius 3 is 2.60 bits per heavy atom. The Labute approximate surface area is 117 Å². The van der Waals surface area contributed by atoms with Gasteiger partial charge < -0.3 is 5.73 Å².